The Hall–Kier alpha value is -1.45. The van der Waals surface area contributed by atoms with Gasteiger partial charge in [-0.1, -0.05) is 5.21 Å². The highest BCUT2D eigenvalue weighted by Crippen LogP contribution is 2.25. The quantitative estimate of drug-likeness (QED) is 0.854. The zero-order valence-corrected chi connectivity index (χ0v) is 12.4. The maximum atomic E-state index is 11.2. The molecule has 0 amide bonds. The molecule has 102 valence electrons. The summed E-state index contributed by atoms with van der Waals surface area (Å²) in [7, 11) is -1.89. The lowest BCUT2D eigenvalue weighted by Gasteiger charge is -2.09. The summed E-state index contributed by atoms with van der Waals surface area (Å²) in [5.74, 6) is 0. The molecule has 2 aromatic rings. The van der Waals surface area contributed by atoms with Gasteiger partial charge in [-0.15, -0.1) is 5.10 Å². The van der Waals surface area contributed by atoms with Gasteiger partial charge in [-0.2, -0.15) is 0 Å². The predicted molar refractivity (Wildman–Crippen MR) is 73.8 cm³/mol. The van der Waals surface area contributed by atoms with Gasteiger partial charge in [0.1, 0.15) is 0 Å². The van der Waals surface area contributed by atoms with E-state index in [1.165, 1.54) is 12.1 Å². The van der Waals surface area contributed by atoms with Gasteiger partial charge in [0.15, 0.2) is 0 Å². The Kier molecular flexibility index (Phi) is 3.88. The van der Waals surface area contributed by atoms with Crippen molar-refractivity contribution in [3.8, 4) is 0 Å². The SMILES string of the molecule is Cn1nncc1CNc1ccc(S(N)(=O)=O)cc1Br. The first-order valence-corrected chi connectivity index (χ1v) is 7.61. The second-order valence-electron chi connectivity index (χ2n) is 3.89. The Balaban J connectivity index is 2.16. The zero-order chi connectivity index (χ0) is 14.0. The van der Waals surface area contributed by atoms with Crippen molar-refractivity contribution in [1.82, 2.24) is 15.0 Å². The summed E-state index contributed by atoms with van der Waals surface area (Å²) >= 11 is 3.30. The fourth-order valence-electron chi connectivity index (χ4n) is 1.47. The molecule has 0 bridgehead atoms. The number of aromatic nitrogens is 3. The van der Waals surface area contributed by atoms with E-state index in [1.807, 2.05) is 0 Å². The molecule has 0 aliphatic rings. The highest BCUT2D eigenvalue weighted by Gasteiger charge is 2.10. The van der Waals surface area contributed by atoms with Crippen LogP contribution in [0.25, 0.3) is 0 Å². The molecule has 0 atom stereocenters. The van der Waals surface area contributed by atoms with E-state index < -0.39 is 10.0 Å². The number of sulfonamides is 1. The molecule has 0 radical (unpaired) electrons. The van der Waals surface area contributed by atoms with Crippen LogP contribution in [0.1, 0.15) is 5.69 Å². The molecule has 7 nitrogen and oxygen atoms in total. The number of primary sulfonamides is 1. The van der Waals surface area contributed by atoms with Crippen molar-refractivity contribution < 1.29 is 8.42 Å². The van der Waals surface area contributed by atoms with Crippen LogP contribution in [0.3, 0.4) is 0 Å². The third-order valence-electron chi connectivity index (χ3n) is 2.54. The predicted octanol–water partition coefficient (Wildman–Crippen LogP) is 0.837. The summed E-state index contributed by atoms with van der Waals surface area (Å²) in [5.41, 5.74) is 1.66. The maximum Gasteiger partial charge on any atom is 0.238 e. The minimum atomic E-state index is -3.69. The Labute approximate surface area is 119 Å². The average molecular weight is 346 g/mol. The topological polar surface area (TPSA) is 103 Å². The number of nitrogens with zero attached hydrogens (tertiary/aromatic N) is 3. The largest absolute Gasteiger partial charge is 0.378 e. The molecule has 0 saturated carbocycles. The summed E-state index contributed by atoms with van der Waals surface area (Å²) in [6, 6.07) is 4.55. The van der Waals surface area contributed by atoms with Crippen molar-refractivity contribution in [3.05, 3.63) is 34.6 Å². The first kappa shape index (κ1) is 14.0. The first-order chi connectivity index (χ1) is 8.88. The van der Waals surface area contributed by atoms with Gasteiger partial charge in [0.25, 0.3) is 0 Å². The van der Waals surface area contributed by atoms with Gasteiger partial charge in [0.2, 0.25) is 10.0 Å². The second-order valence-corrected chi connectivity index (χ2v) is 6.30. The van der Waals surface area contributed by atoms with Gasteiger partial charge in [0, 0.05) is 17.2 Å². The Morgan fingerprint density at radius 2 is 2.21 bits per heavy atom. The van der Waals surface area contributed by atoms with Crippen molar-refractivity contribution in [2.75, 3.05) is 5.32 Å². The molecule has 0 unspecified atom stereocenters. The number of nitrogens with one attached hydrogen (secondary N) is 1. The van der Waals surface area contributed by atoms with Gasteiger partial charge in [0.05, 0.1) is 23.3 Å². The first-order valence-electron chi connectivity index (χ1n) is 5.27. The monoisotopic (exact) mass is 345 g/mol. The zero-order valence-electron chi connectivity index (χ0n) is 10.0. The smallest absolute Gasteiger partial charge is 0.238 e. The fourth-order valence-corrected chi connectivity index (χ4v) is 2.68. The molecule has 1 aromatic carbocycles. The van der Waals surface area contributed by atoms with Crippen LogP contribution in [-0.2, 0) is 23.6 Å². The number of benzene rings is 1. The molecule has 0 saturated heterocycles. The van der Waals surface area contributed by atoms with Crippen molar-refractivity contribution >= 4 is 31.6 Å². The normalized spacial score (nSPS) is 11.5. The molecule has 0 aliphatic heterocycles. The lowest BCUT2D eigenvalue weighted by atomic mass is 10.3. The molecular weight excluding hydrogens is 334 g/mol. The van der Waals surface area contributed by atoms with Crippen molar-refractivity contribution in [2.24, 2.45) is 12.2 Å². The van der Waals surface area contributed by atoms with Crippen LogP contribution in [0.15, 0.2) is 33.8 Å². The molecule has 2 rings (SSSR count). The molecule has 0 fully saturated rings. The standard InChI is InChI=1S/C10H12BrN5O2S/c1-16-7(6-14-15-16)5-13-10-3-2-8(4-9(10)11)19(12,17)18/h2-4,6,13H,5H2,1H3,(H2,12,17,18). The highest BCUT2D eigenvalue weighted by molar-refractivity contribution is 9.10. The number of hydrogen-bond donors (Lipinski definition) is 2. The molecule has 19 heavy (non-hydrogen) atoms. The summed E-state index contributed by atoms with van der Waals surface area (Å²) in [6.07, 6.45) is 1.65. The van der Waals surface area contributed by atoms with Crippen molar-refractivity contribution in [3.63, 3.8) is 0 Å². The summed E-state index contributed by atoms with van der Waals surface area (Å²) in [5, 5.41) is 15.8. The van der Waals surface area contributed by atoms with Crippen molar-refractivity contribution in [2.45, 2.75) is 11.4 Å². The third kappa shape index (κ3) is 3.31. The molecule has 0 aliphatic carbocycles. The Morgan fingerprint density at radius 1 is 1.47 bits per heavy atom. The van der Waals surface area contributed by atoms with E-state index in [4.69, 9.17) is 5.14 Å². The molecule has 3 N–H and O–H groups in total. The number of rotatable bonds is 4. The van der Waals surface area contributed by atoms with Crippen LogP contribution in [0.2, 0.25) is 0 Å². The van der Waals surface area contributed by atoms with Crippen LogP contribution >= 0.6 is 15.9 Å². The molecule has 1 aromatic heterocycles. The number of halogens is 1. The van der Waals surface area contributed by atoms with E-state index in [2.05, 4.69) is 31.6 Å². The van der Waals surface area contributed by atoms with E-state index in [0.717, 1.165) is 11.4 Å². The van der Waals surface area contributed by atoms with Crippen LogP contribution < -0.4 is 10.5 Å². The summed E-state index contributed by atoms with van der Waals surface area (Å²) in [6.45, 7) is 0.525. The lowest BCUT2D eigenvalue weighted by Crippen LogP contribution is -2.12. The number of aryl methyl sites for hydroxylation is 1. The van der Waals surface area contributed by atoms with Gasteiger partial charge in [-0.05, 0) is 34.1 Å². The lowest BCUT2D eigenvalue weighted by molar-refractivity contribution is 0.598. The number of anilines is 1. The molecular formula is C10H12BrN5O2S. The summed E-state index contributed by atoms with van der Waals surface area (Å²) in [4.78, 5) is 0.0622. The van der Waals surface area contributed by atoms with Crippen LogP contribution in [0.5, 0.6) is 0 Å². The van der Waals surface area contributed by atoms with Crippen LogP contribution in [0, 0.1) is 0 Å². The third-order valence-corrected chi connectivity index (χ3v) is 4.10. The fraction of sp³-hybridized carbons (Fsp3) is 0.200. The highest BCUT2D eigenvalue weighted by atomic mass is 79.9. The maximum absolute atomic E-state index is 11.2. The number of hydrogen-bond acceptors (Lipinski definition) is 5. The van der Waals surface area contributed by atoms with E-state index in [9.17, 15) is 8.42 Å². The van der Waals surface area contributed by atoms with E-state index in [1.54, 1.807) is 24.0 Å². The molecule has 9 heteroatoms. The summed E-state index contributed by atoms with van der Waals surface area (Å²) < 4.78 is 24.7. The minimum Gasteiger partial charge on any atom is -0.378 e. The average Bonchev–Trinajstić information content (AvgIpc) is 2.72. The van der Waals surface area contributed by atoms with Gasteiger partial charge in [-0.3, -0.25) is 4.68 Å². The second kappa shape index (κ2) is 5.27. The van der Waals surface area contributed by atoms with E-state index in [0.29, 0.717) is 11.0 Å². The van der Waals surface area contributed by atoms with Gasteiger partial charge < -0.3 is 5.32 Å². The molecule has 1 heterocycles. The van der Waals surface area contributed by atoms with Crippen molar-refractivity contribution in [1.29, 1.82) is 0 Å². The Bertz CT molecular complexity index is 698. The minimum absolute atomic E-state index is 0.0622. The van der Waals surface area contributed by atoms with E-state index >= 15 is 0 Å². The number of nitrogens with two attached hydrogens (primary N) is 1. The van der Waals surface area contributed by atoms with Gasteiger partial charge >= 0.3 is 0 Å². The van der Waals surface area contributed by atoms with Crippen LogP contribution in [0.4, 0.5) is 5.69 Å². The van der Waals surface area contributed by atoms with Gasteiger partial charge in [-0.25, -0.2) is 13.6 Å². The van der Waals surface area contributed by atoms with Crippen LogP contribution in [-0.4, -0.2) is 23.4 Å². The Morgan fingerprint density at radius 3 is 2.74 bits per heavy atom. The van der Waals surface area contributed by atoms with E-state index in [-0.39, 0.29) is 4.90 Å². The molecule has 0 spiro atoms.